The van der Waals surface area contributed by atoms with E-state index in [1.165, 1.54) is 5.13 Å². The highest BCUT2D eigenvalue weighted by atomic mass is 79.9. The second kappa shape index (κ2) is 5.09. The normalized spacial score (nSPS) is 18.8. The van der Waals surface area contributed by atoms with Crippen LogP contribution in [-0.2, 0) is 0 Å². The van der Waals surface area contributed by atoms with Crippen LogP contribution in [0.1, 0.15) is 0 Å². The van der Waals surface area contributed by atoms with Gasteiger partial charge in [-0.15, -0.1) is 11.3 Å². The molecule has 5 heteroatoms. The highest BCUT2D eigenvalue weighted by Crippen LogP contribution is 2.18. The first kappa shape index (κ1) is 10.4. The van der Waals surface area contributed by atoms with E-state index in [0.29, 0.717) is 0 Å². The number of thiazole rings is 1. The molecule has 1 aromatic heterocycles. The quantitative estimate of drug-likeness (QED) is 0.783. The van der Waals surface area contributed by atoms with E-state index < -0.39 is 0 Å². The van der Waals surface area contributed by atoms with Gasteiger partial charge in [-0.3, -0.25) is 4.90 Å². The van der Waals surface area contributed by atoms with E-state index in [4.69, 9.17) is 0 Å². The van der Waals surface area contributed by atoms with Gasteiger partial charge in [-0.25, -0.2) is 4.98 Å². The molecule has 2 rings (SSSR count). The fraction of sp³-hybridized carbons (Fsp3) is 0.667. The summed E-state index contributed by atoms with van der Waals surface area (Å²) in [6.45, 7) is 5.70. The number of alkyl halides is 1. The van der Waals surface area contributed by atoms with Gasteiger partial charge in [0.05, 0.1) is 0 Å². The SMILES string of the molecule is BrCCN1CCN(c2nccs2)CC1. The van der Waals surface area contributed by atoms with Crippen LogP contribution < -0.4 is 4.90 Å². The second-order valence-corrected chi connectivity index (χ2v) is 5.00. The average Bonchev–Trinajstić information content (AvgIpc) is 2.72. The second-order valence-electron chi connectivity index (χ2n) is 3.33. The molecular weight excluding hydrogens is 262 g/mol. The van der Waals surface area contributed by atoms with Crippen LogP contribution in [0, 0.1) is 0 Å². The molecule has 1 aromatic rings. The van der Waals surface area contributed by atoms with Crippen LogP contribution in [0.5, 0.6) is 0 Å². The van der Waals surface area contributed by atoms with Crippen molar-refractivity contribution in [2.24, 2.45) is 0 Å². The fourth-order valence-corrected chi connectivity index (χ4v) is 2.85. The van der Waals surface area contributed by atoms with E-state index in [0.717, 1.165) is 38.1 Å². The first-order chi connectivity index (χ1) is 6.90. The molecule has 1 aliphatic rings. The third-order valence-electron chi connectivity index (χ3n) is 2.46. The summed E-state index contributed by atoms with van der Waals surface area (Å²) in [7, 11) is 0. The standard InChI is InChI=1S/C9H14BrN3S/c10-1-3-12-4-6-13(7-5-12)9-11-2-8-14-9/h2,8H,1,3-7H2. The molecule has 0 bridgehead atoms. The number of rotatable bonds is 3. The van der Waals surface area contributed by atoms with Gasteiger partial charge in [0.2, 0.25) is 0 Å². The number of hydrogen-bond donors (Lipinski definition) is 0. The van der Waals surface area contributed by atoms with Gasteiger partial charge in [-0.2, -0.15) is 0 Å². The number of nitrogens with zero attached hydrogens (tertiary/aromatic N) is 3. The Morgan fingerprint density at radius 2 is 2.14 bits per heavy atom. The minimum atomic E-state index is 1.07. The topological polar surface area (TPSA) is 19.4 Å². The smallest absolute Gasteiger partial charge is 0.185 e. The first-order valence-electron chi connectivity index (χ1n) is 4.83. The Balaban J connectivity index is 1.84. The van der Waals surface area contributed by atoms with Crippen LogP contribution in [0.15, 0.2) is 11.6 Å². The highest BCUT2D eigenvalue weighted by Gasteiger charge is 2.17. The highest BCUT2D eigenvalue weighted by molar-refractivity contribution is 9.09. The summed E-state index contributed by atoms with van der Waals surface area (Å²) in [5.41, 5.74) is 0. The molecular formula is C9H14BrN3S. The van der Waals surface area contributed by atoms with Crippen molar-refractivity contribution >= 4 is 32.4 Å². The van der Waals surface area contributed by atoms with Crippen LogP contribution in [-0.4, -0.2) is 47.9 Å². The Morgan fingerprint density at radius 1 is 1.36 bits per heavy atom. The minimum Gasteiger partial charge on any atom is -0.346 e. The Bertz CT molecular complexity index is 257. The molecule has 0 saturated carbocycles. The first-order valence-corrected chi connectivity index (χ1v) is 6.83. The van der Waals surface area contributed by atoms with Crippen molar-refractivity contribution in [1.82, 2.24) is 9.88 Å². The number of piperazine rings is 1. The summed E-state index contributed by atoms with van der Waals surface area (Å²) in [5, 5.41) is 4.29. The number of anilines is 1. The zero-order valence-corrected chi connectivity index (χ0v) is 10.4. The van der Waals surface area contributed by atoms with Crippen LogP contribution >= 0.6 is 27.3 Å². The van der Waals surface area contributed by atoms with Gasteiger partial charge in [0.1, 0.15) is 0 Å². The molecule has 0 amide bonds. The van der Waals surface area contributed by atoms with Crippen LogP contribution in [0.25, 0.3) is 0 Å². The van der Waals surface area contributed by atoms with E-state index in [1.807, 2.05) is 11.6 Å². The Labute approximate surface area is 96.9 Å². The van der Waals surface area contributed by atoms with Crippen LogP contribution in [0.4, 0.5) is 5.13 Å². The third kappa shape index (κ3) is 2.46. The van der Waals surface area contributed by atoms with Crippen molar-refractivity contribution in [3.8, 4) is 0 Å². The molecule has 0 N–H and O–H groups in total. The predicted octanol–water partition coefficient (Wildman–Crippen LogP) is 1.66. The van der Waals surface area contributed by atoms with Gasteiger partial charge < -0.3 is 4.90 Å². The van der Waals surface area contributed by atoms with Gasteiger partial charge in [0.25, 0.3) is 0 Å². The zero-order valence-electron chi connectivity index (χ0n) is 8.03. The molecule has 0 aliphatic carbocycles. The number of aromatic nitrogens is 1. The van der Waals surface area contributed by atoms with E-state index in [-0.39, 0.29) is 0 Å². The average molecular weight is 276 g/mol. The van der Waals surface area contributed by atoms with E-state index in [2.05, 4.69) is 30.7 Å². The zero-order chi connectivity index (χ0) is 9.80. The van der Waals surface area contributed by atoms with E-state index >= 15 is 0 Å². The lowest BCUT2D eigenvalue weighted by atomic mass is 10.3. The van der Waals surface area contributed by atoms with E-state index in [1.54, 1.807) is 11.3 Å². The molecule has 2 heterocycles. The van der Waals surface area contributed by atoms with Crippen LogP contribution in [0.3, 0.4) is 0 Å². The molecule has 3 nitrogen and oxygen atoms in total. The van der Waals surface area contributed by atoms with Crippen molar-refractivity contribution in [3.05, 3.63) is 11.6 Å². The van der Waals surface area contributed by atoms with Crippen LogP contribution in [0.2, 0.25) is 0 Å². The molecule has 0 atom stereocenters. The Morgan fingerprint density at radius 3 is 2.71 bits per heavy atom. The summed E-state index contributed by atoms with van der Waals surface area (Å²) in [4.78, 5) is 9.18. The summed E-state index contributed by atoms with van der Waals surface area (Å²) in [6, 6.07) is 0. The number of hydrogen-bond acceptors (Lipinski definition) is 4. The third-order valence-corrected chi connectivity index (χ3v) is 3.65. The monoisotopic (exact) mass is 275 g/mol. The maximum absolute atomic E-state index is 4.33. The molecule has 1 saturated heterocycles. The molecule has 78 valence electrons. The number of halogens is 1. The Kier molecular flexibility index (Phi) is 3.78. The summed E-state index contributed by atoms with van der Waals surface area (Å²) in [6.07, 6.45) is 1.88. The molecule has 14 heavy (non-hydrogen) atoms. The van der Waals surface area contributed by atoms with Crippen molar-refractivity contribution in [3.63, 3.8) is 0 Å². The van der Waals surface area contributed by atoms with Gasteiger partial charge in [0.15, 0.2) is 5.13 Å². The maximum atomic E-state index is 4.33. The van der Waals surface area contributed by atoms with Gasteiger partial charge in [0, 0.05) is 49.6 Å². The van der Waals surface area contributed by atoms with Gasteiger partial charge in [-0.05, 0) is 0 Å². The van der Waals surface area contributed by atoms with Crippen molar-refractivity contribution < 1.29 is 0 Å². The molecule has 1 aliphatic heterocycles. The molecule has 1 fully saturated rings. The lowest BCUT2D eigenvalue weighted by Gasteiger charge is -2.34. The van der Waals surface area contributed by atoms with Crippen molar-refractivity contribution in [2.45, 2.75) is 0 Å². The molecule has 0 radical (unpaired) electrons. The molecule has 0 unspecified atom stereocenters. The molecule has 0 aromatic carbocycles. The largest absolute Gasteiger partial charge is 0.346 e. The van der Waals surface area contributed by atoms with Gasteiger partial charge in [-0.1, -0.05) is 15.9 Å². The summed E-state index contributed by atoms with van der Waals surface area (Å²) < 4.78 is 0. The summed E-state index contributed by atoms with van der Waals surface area (Å²) >= 11 is 5.20. The van der Waals surface area contributed by atoms with Crippen molar-refractivity contribution in [2.75, 3.05) is 43.0 Å². The predicted molar refractivity (Wildman–Crippen MR) is 64.6 cm³/mol. The Hall–Kier alpha value is -0.130. The molecule has 0 spiro atoms. The minimum absolute atomic E-state index is 1.07. The van der Waals surface area contributed by atoms with E-state index in [9.17, 15) is 0 Å². The maximum Gasteiger partial charge on any atom is 0.185 e. The summed E-state index contributed by atoms with van der Waals surface area (Å²) in [5.74, 6) is 0. The van der Waals surface area contributed by atoms with Gasteiger partial charge >= 0.3 is 0 Å². The lowest BCUT2D eigenvalue weighted by Crippen LogP contribution is -2.46. The van der Waals surface area contributed by atoms with Crippen molar-refractivity contribution in [1.29, 1.82) is 0 Å². The lowest BCUT2D eigenvalue weighted by molar-refractivity contribution is 0.274. The fourth-order valence-electron chi connectivity index (χ4n) is 1.65.